The molecular formula is C21H21NO3. The first-order valence-electron chi connectivity index (χ1n) is 8.25. The molecule has 4 heteroatoms. The second-order valence-corrected chi connectivity index (χ2v) is 5.94. The lowest BCUT2D eigenvalue weighted by Crippen LogP contribution is -2.38. The summed E-state index contributed by atoms with van der Waals surface area (Å²) in [6, 6.07) is 20.7. The summed E-state index contributed by atoms with van der Waals surface area (Å²) in [6.07, 6.45) is 0.979. The van der Waals surface area contributed by atoms with Crippen LogP contribution >= 0.6 is 0 Å². The van der Waals surface area contributed by atoms with Gasteiger partial charge < -0.3 is 14.5 Å². The number of nitrogens with one attached hydrogen (secondary N) is 1. The van der Waals surface area contributed by atoms with E-state index in [1.54, 1.807) is 13.2 Å². The average molecular weight is 335 g/mol. The summed E-state index contributed by atoms with van der Waals surface area (Å²) >= 11 is 0. The molecule has 0 unspecified atom stereocenters. The highest BCUT2D eigenvalue weighted by molar-refractivity contribution is 5.81. The van der Waals surface area contributed by atoms with Crippen LogP contribution in [0.4, 0.5) is 0 Å². The van der Waals surface area contributed by atoms with Gasteiger partial charge in [0.05, 0.1) is 6.26 Å². The van der Waals surface area contributed by atoms with Crippen LogP contribution in [0.1, 0.15) is 29.9 Å². The summed E-state index contributed by atoms with van der Waals surface area (Å²) < 4.78 is 11.3. The molecule has 0 radical (unpaired) electrons. The molecule has 1 aromatic heterocycles. The number of hydrogen-bond donors (Lipinski definition) is 1. The van der Waals surface area contributed by atoms with Gasteiger partial charge in [-0.3, -0.25) is 4.79 Å². The highest BCUT2D eigenvalue weighted by atomic mass is 16.5. The Kier molecular flexibility index (Phi) is 5.19. The number of amides is 1. The van der Waals surface area contributed by atoms with Crippen molar-refractivity contribution < 1.29 is 13.9 Å². The Hall–Kier alpha value is -3.01. The van der Waals surface area contributed by atoms with Crippen molar-refractivity contribution in [2.45, 2.75) is 26.0 Å². The van der Waals surface area contributed by atoms with E-state index in [9.17, 15) is 4.79 Å². The number of rotatable bonds is 6. The van der Waals surface area contributed by atoms with Crippen molar-refractivity contribution in [2.24, 2.45) is 0 Å². The van der Waals surface area contributed by atoms with E-state index in [0.29, 0.717) is 11.5 Å². The molecule has 0 saturated heterocycles. The number of ether oxygens (including phenoxy) is 1. The predicted octanol–water partition coefficient (Wildman–Crippen LogP) is 4.26. The summed E-state index contributed by atoms with van der Waals surface area (Å²) in [5.74, 6) is 1.16. The van der Waals surface area contributed by atoms with Crippen molar-refractivity contribution in [3.8, 4) is 5.75 Å². The summed E-state index contributed by atoms with van der Waals surface area (Å²) in [5.41, 5.74) is 2.04. The molecule has 1 heterocycles. The molecule has 128 valence electrons. The van der Waals surface area contributed by atoms with E-state index in [1.807, 2.05) is 73.7 Å². The zero-order valence-corrected chi connectivity index (χ0v) is 14.3. The quantitative estimate of drug-likeness (QED) is 0.732. The van der Waals surface area contributed by atoms with Crippen LogP contribution in [-0.2, 0) is 4.79 Å². The third kappa shape index (κ3) is 4.29. The lowest BCUT2D eigenvalue weighted by Gasteiger charge is -2.21. The SMILES string of the molecule is Cc1cccc(O[C@@H](C)C(=O)N[C@@H](c2ccccc2)c2ccco2)c1. The van der Waals surface area contributed by atoms with Crippen LogP contribution in [-0.4, -0.2) is 12.0 Å². The van der Waals surface area contributed by atoms with E-state index in [1.165, 1.54) is 0 Å². The van der Waals surface area contributed by atoms with Gasteiger partial charge in [-0.1, -0.05) is 42.5 Å². The third-order valence-corrected chi connectivity index (χ3v) is 3.92. The van der Waals surface area contributed by atoms with Crippen LogP contribution in [0.5, 0.6) is 5.75 Å². The number of aryl methyl sites for hydroxylation is 1. The summed E-state index contributed by atoms with van der Waals surface area (Å²) in [5, 5.41) is 3.01. The van der Waals surface area contributed by atoms with E-state index in [4.69, 9.17) is 9.15 Å². The van der Waals surface area contributed by atoms with Crippen molar-refractivity contribution in [3.63, 3.8) is 0 Å². The first-order chi connectivity index (χ1) is 12.1. The number of carbonyl (C=O) groups is 1. The maximum Gasteiger partial charge on any atom is 0.261 e. The Bertz CT molecular complexity index is 812. The molecule has 0 aliphatic carbocycles. The van der Waals surface area contributed by atoms with Crippen LogP contribution in [0.25, 0.3) is 0 Å². The highest BCUT2D eigenvalue weighted by Crippen LogP contribution is 2.23. The number of carbonyl (C=O) groups excluding carboxylic acids is 1. The molecule has 1 N–H and O–H groups in total. The first kappa shape index (κ1) is 16.8. The maximum absolute atomic E-state index is 12.6. The Labute approximate surface area is 147 Å². The maximum atomic E-state index is 12.6. The Morgan fingerprint density at radius 1 is 1.04 bits per heavy atom. The van der Waals surface area contributed by atoms with Crippen LogP contribution < -0.4 is 10.1 Å². The van der Waals surface area contributed by atoms with Crippen molar-refractivity contribution in [1.82, 2.24) is 5.32 Å². The van der Waals surface area contributed by atoms with Gasteiger partial charge in [-0.25, -0.2) is 0 Å². The Morgan fingerprint density at radius 2 is 1.84 bits per heavy atom. The molecule has 1 amide bonds. The molecule has 0 spiro atoms. The summed E-state index contributed by atoms with van der Waals surface area (Å²) in [7, 11) is 0. The fourth-order valence-corrected chi connectivity index (χ4v) is 2.63. The minimum absolute atomic E-state index is 0.202. The third-order valence-electron chi connectivity index (χ3n) is 3.92. The van der Waals surface area contributed by atoms with Gasteiger partial charge >= 0.3 is 0 Å². The molecule has 25 heavy (non-hydrogen) atoms. The van der Waals surface area contributed by atoms with Gasteiger partial charge in [0.15, 0.2) is 6.10 Å². The van der Waals surface area contributed by atoms with E-state index in [-0.39, 0.29) is 11.9 Å². The molecule has 3 aromatic rings. The van der Waals surface area contributed by atoms with Gasteiger partial charge in [0.2, 0.25) is 0 Å². The zero-order valence-electron chi connectivity index (χ0n) is 14.3. The number of benzene rings is 2. The molecule has 0 saturated carbocycles. The molecule has 0 aliphatic heterocycles. The highest BCUT2D eigenvalue weighted by Gasteiger charge is 2.23. The normalized spacial score (nSPS) is 13.0. The molecule has 0 bridgehead atoms. The van der Waals surface area contributed by atoms with E-state index < -0.39 is 6.10 Å². The van der Waals surface area contributed by atoms with Crippen LogP contribution in [0.3, 0.4) is 0 Å². The predicted molar refractivity (Wildman–Crippen MR) is 96.4 cm³/mol. The fraction of sp³-hybridized carbons (Fsp3) is 0.190. The molecule has 2 aromatic carbocycles. The Balaban J connectivity index is 1.74. The molecular weight excluding hydrogens is 314 g/mol. The topological polar surface area (TPSA) is 51.5 Å². The van der Waals surface area contributed by atoms with Gasteiger partial charge in [-0.2, -0.15) is 0 Å². The monoisotopic (exact) mass is 335 g/mol. The van der Waals surface area contributed by atoms with Crippen molar-refractivity contribution in [1.29, 1.82) is 0 Å². The van der Waals surface area contributed by atoms with Gasteiger partial charge in [-0.05, 0) is 49.2 Å². The molecule has 0 fully saturated rings. The molecule has 3 rings (SSSR count). The van der Waals surface area contributed by atoms with Crippen LogP contribution in [0.15, 0.2) is 77.4 Å². The molecule has 0 aliphatic rings. The van der Waals surface area contributed by atoms with Gasteiger partial charge in [-0.15, -0.1) is 0 Å². The van der Waals surface area contributed by atoms with E-state index >= 15 is 0 Å². The second kappa shape index (κ2) is 7.71. The van der Waals surface area contributed by atoms with Crippen molar-refractivity contribution >= 4 is 5.91 Å². The zero-order chi connectivity index (χ0) is 17.6. The van der Waals surface area contributed by atoms with Gasteiger partial charge in [0.25, 0.3) is 5.91 Å². The second-order valence-electron chi connectivity index (χ2n) is 5.94. The average Bonchev–Trinajstić information content (AvgIpc) is 3.14. The largest absolute Gasteiger partial charge is 0.481 e. The summed E-state index contributed by atoms with van der Waals surface area (Å²) in [6.45, 7) is 3.72. The van der Waals surface area contributed by atoms with Gasteiger partial charge in [0.1, 0.15) is 17.6 Å². The number of hydrogen-bond acceptors (Lipinski definition) is 3. The van der Waals surface area contributed by atoms with Gasteiger partial charge in [0, 0.05) is 0 Å². The van der Waals surface area contributed by atoms with Crippen LogP contribution in [0.2, 0.25) is 0 Å². The summed E-state index contributed by atoms with van der Waals surface area (Å²) in [4.78, 5) is 12.6. The molecule has 4 nitrogen and oxygen atoms in total. The lowest BCUT2D eigenvalue weighted by molar-refractivity contribution is -0.127. The first-order valence-corrected chi connectivity index (χ1v) is 8.25. The van der Waals surface area contributed by atoms with Crippen molar-refractivity contribution in [2.75, 3.05) is 0 Å². The minimum atomic E-state index is -0.622. The minimum Gasteiger partial charge on any atom is -0.481 e. The number of furan rings is 1. The lowest BCUT2D eigenvalue weighted by atomic mass is 10.0. The van der Waals surface area contributed by atoms with Crippen LogP contribution in [0, 0.1) is 6.92 Å². The molecule has 2 atom stereocenters. The van der Waals surface area contributed by atoms with Crippen molar-refractivity contribution in [3.05, 3.63) is 89.9 Å². The Morgan fingerprint density at radius 3 is 2.52 bits per heavy atom. The smallest absolute Gasteiger partial charge is 0.261 e. The van der Waals surface area contributed by atoms with E-state index in [0.717, 1.165) is 11.1 Å². The standard InChI is InChI=1S/C21H21NO3/c1-15-8-6-11-18(14-15)25-16(2)21(23)22-20(19-12-7-13-24-19)17-9-4-3-5-10-17/h3-14,16,20H,1-2H3,(H,22,23)/t16-,20-/m0/s1. The van der Waals surface area contributed by atoms with E-state index in [2.05, 4.69) is 5.32 Å². The fourth-order valence-electron chi connectivity index (χ4n) is 2.63.